The molecule has 1 amide bonds. The van der Waals surface area contributed by atoms with Gasteiger partial charge in [-0.3, -0.25) is 9.59 Å². The molecule has 0 saturated carbocycles. The molecular formula is C19H21NO3. The SMILES string of the molecule is COc1ccc(-c2cc(C[C@@H](C)C(C)=O)cc(C(N)=O)c2)cc1. The van der Waals surface area contributed by atoms with E-state index in [1.807, 2.05) is 37.3 Å². The van der Waals surface area contributed by atoms with Crippen molar-refractivity contribution < 1.29 is 14.3 Å². The number of ketones is 1. The van der Waals surface area contributed by atoms with Crippen LogP contribution in [0.5, 0.6) is 5.75 Å². The summed E-state index contributed by atoms with van der Waals surface area (Å²) in [6.45, 7) is 3.46. The lowest BCUT2D eigenvalue weighted by atomic mass is 9.93. The quantitative estimate of drug-likeness (QED) is 0.890. The monoisotopic (exact) mass is 311 g/mol. The molecule has 0 aliphatic heterocycles. The molecular weight excluding hydrogens is 290 g/mol. The molecule has 0 fully saturated rings. The molecule has 0 bridgehead atoms. The van der Waals surface area contributed by atoms with Gasteiger partial charge in [0.2, 0.25) is 5.91 Å². The van der Waals surface area contributed by atoms with Crippen molar-refractivity contribution in [1.29, 1.82) is 0 Å². The van der Waals surface area contributed by atoms with Crippen LogP contribution in [0, 0.1) is 5.92 Å². The molecule has 0 aliphatic carbocycles. The maximum atomic E-state index is 11.6. The van der Waals surface area contributed by atoms with E-state index in [1.54, 1.807) is 26.2 Å². The highest BCUT2D eigenvalue weighted by atomic mass is 16.5. The molecule has 1 atom stereocenters. The van der Waals surface area contributed by atoms with Crippen molar-refractivity contribution in [3.63, 3.8) is 0 Å². The molecule has 0 saturated heterocycles. The fraction of sp³-hybridized carbons (Fsp3) is 0.263. The zero-order chi connectivity index (χ0) is 17.0. The summed E-state index contributed by atoms with van der Waals surface area (Å²) in [5.41, 5.74) is 8.68. The number of methoxy groups -OCH3 is 1. The van der Waals surface area contributed by atoms with E-state index in [4.69, 9.17) is 10.5 Å². The Balaban J connectivity index is 2.43. The molecule has 0 radical (unpaired) electrons. The molecule has 23 heavy (non-hydrogen) atoms. The molecule has 0 unspecified atom stereocenters. The molecule has 0 spiro atoms. The number of ether oxygens (including phenoxy) is 1. The second-order valence-electron chi connectivity index (χ2n) is 5.73. The topological polar surface area (TPSA) is 69.4 Å². The van der Waals surface area contributed by atoms with Gasteiger partial charge in [-0.2, -0.15) is 0 Å². The van der Waals surface area contributed by atoms with E-state index in [-0.39, 0.29) is 11.7 Å². The van der Waals surface area contributed by atoms with Crippen molar-refractivity contribution in [2.24, 2.45) is 11.7 Å². The third-order valence-electron chi connectivity index (χ3n) is 3.94. The van der Waals surface area contributed by atoms with E-state index < -0.39 is 5.91 Å². The number of nitrogens with two attached hydrogens (primary N) is 1. The summed E-state index contributed by atoms with van der Waals surface area (Å²) in [4.78, 5) is 23.1. The van der Waals surface area contributed by atoms with Gasteiger partial charge in [0.15, 0.2) is 0 Å². The van der Waals surface area contributed by atoms with Gasteiger partial charge in [0.1, 0.15) is 11.5 Å². The molecule has 0 aromatic heterocycles. The zero-order valence-corrected chi connectivity index (χ0v) is 13.6. The van der Waals surface area contributed by atoms with Gasteiger partial charge in [-0.05, 0) is 54.3 Å². The lowest BCUT2D eigenvalue weighted by Gasteiger charge is -2.12. The molecule has 4 heteroatoms. The summed E-state index contributed by atoms with van der Waals surface area (Å²) in [6, 6.07) is 13.1. The molecule has 2 rings (SSSR count). The van der Waals surface area contributed by atoms with Gasteiger partial charge < -0.3 is 10.5 Å². The lowest BCUT2D eigenvalue weighted by Crippen LogP contribution is -2.13. The minimum absolute atomic E-state index is 0.0955. The Labute approximate surface area is 136 Å². The first-order chi connectivity index (χ1) is 10.9. The van der Waals surface area contributed by atoms with Crippen LogP contribution in [0.4, 0.5) is 0 Å². The molecule has 0 aliphatic rings. The van der Waals surface area contributed by atoms with Gasteiger partial charge in [0.05, 0.1) is 7.11 Å². The largest absolute Gasteiger partial charge is 0.497 e. The Morgan fingerprint density at radius 3 is 2.26 bits per heavy atom. The van der Waals surface area contributed by atoms with Crippen LogP contribution in [0.15, 0.2) is 42.5 Å². The zero-order valence-electron chi connectivity index (χ0n) is 13.6. The van der Waals surface area contributed by atoms with Gasteiger partial charge in [-0.25, -0.2) is 0 Å². The van der Waals surface area contributed by atoms with E-state index in [2.05, 4.69) is 0 Å². The predicted molar refractivity (Wildman–Crippen MR) is 90.5 cm³/mol. The standard InChI is InChI=1S/C19H21NO3/c1-12(13(2)21)8-14-9-16(11-17(10-14)19(20)22)15-4-6-18(23-3)7-5-15/h4-7,9-12H,8H2,1-3H3,(H2,20,22)/t12-/m1/s1. The first-order valence-electron chi connectivity index (χ1n) is 7.49. The van der Waals surface area contributed by atoms with Gasteiger partial charge in [-0.1, -0.05) is 25.1 Å². The average Bonchev–Trinajstić information content (AvgIpc) is 2.54. The minimum Gasteiger partial charge on any atom is -0.497 e. The third-order valence-corrected chi connectivity index (χ3v) is 3.94. The Hall–Kier alpha value is -2.62. The maximum absolute atomic E-state index is 11.6. The summed E-state index contributed by atoms with van der Waals surface area (Å²) in [7, 11) is 1.62. The van der Waals surface area contributed by atoms with E-state index in [0.717, 1.165) is 22.4 Å². The number of hydrogen-bond acceptors (Lipinski definition) is 3. The highest BCUT2D eigenvalue weighted by Crippen LogP contribution is 2.26. The van der Waals surface area contributed by atoms with E-state index >= 15 is 0 Å². The molecule has 2 aromatic carbocycles. The number of Topliss-reactive ketones (excluding diaryl/α,β-unsaturated/α-hetero) is 1. The first kappa shape index (κ1) is 16.7. The highest BCUT2D eigenvalue weighted by Gasteiger charge is 2.12. The summed E-state index contributed by atoms with van der Waals surface area (Å²) < 4.78 is 5.16. The fourth-order valence-electron chi connectivity index (χ4n) is 2.40. The Morgan fingerprint density at radius 1 is 1.09 bits per heavy atom. The van der Waals surface area contributed by atoms with Crippen LogP contribution in [-0.2, 0) is 11.2 Å². The Bertz CT molecular complexity index is 720. The van der Waals surface area contributed by atoms with E-state index in [0.29, 0.717) is 12.0 Å². The number of rotatable bonds is 6. The third kappa shape index (κ3) is 4.19. The van der Waals surface area contributed by atoms with Crippen molar-refractivity contribution >= 4 is 11.7 Å². The van der Waals surface area contributed by atoms with Gasteiger partial charge >= 0.3 is 0 Å². The molecule has 2 N–H and O–H groups in total. The highest BCUT2D eigenvalue weighted by molar-refractivity contribution is 5.94. The number of benzene rings is 2. The maximum Gasteiger partial charge on any atom is 0.248 e. The van der Waals surface area contributed by atoms with Crippen LogP contribution in [-0.4, -0.2) is 18.8 Å². The smallest absolute Gasteiger partial charge is 0.248 e. The van der Waals surface area contributed by atoms with Crippen LogP contribution in [0.2, 0.25) is 0 Å². The number of hydrogen-bond donors (Lipinski definition) is 1. The number of amides is 1. The lowest BCUT2D eigenvalue weighted by molar-refractivity contribution is -0.120. The first-order valence-corrected chi connectivity index (χ1v) is 7.49. The van der Waals surface area contributed by atoms with Gasteiger partial charge in [0.25, 0.3) is 0 Å². The van der Waals surface area contributed by atoms with Gasteiger partial charge in [0, 0.05) is 11.5 Å². The van der Waals surface area contributed by atoms with E-state index in [1.165, 1.54) is 0 Å². The van der Waals surface area contributed by atoms with Crippen molar-refractivity contribution in [3.8, 4) is 16.9 Å². The predicted octanol–water partition coefficient (Wildman–Crippen LogP) is 3.23. The van der Waals surface area contributed by atoms with Crippen LogP contribution in [0.1, 0.15) is 29.8 Å². The summed E-state index contributed by atoms with van der Waals surface area (Å²) >= 11 is 0. The van der Waals surface area contributed by atoms with Crippen molar-refractivity contribution in [2.75, 3.05) is 7.11 Å². The van der Waals surface area contributed by atoms with Crippen molar-refractivity contribution in [3.05, 3.63) is 53.6 Å². The Morgan fingerprint density at radius 2 is 1.74 bits per heavy atom. The molecule has 2 aromatic rings. The van der Waals surface area contributed by atoms with Crippen molar-refractivity contribution in [2.45, 2.75) is 20.3 Å². The summed E-state index contributed by atoms with van der Waals surface area (Å²) in [6.07, 6.45) is 0.583. The molecule has 4 nitrogen and oxygen atoms in total. The van der Waals surface area contributed by atoms with Gasteiger partial charge in [-0.15, -0.1) is 0 Å². The Kier molecular flexibility index (Phi) is 5.16. The summed E-state index contributed by atoms with van der Waals surface area (Å²) in [5.74, 6) is 0.324. The second-order valence-corrected chi connectivity index (χ2v) is 5.73. The van der Waals surface area contributed by atoms with Crippen LogP contribution in [0.25, 0.3) is 11.1 Å². The van der Waals surface area contributed by atoms with Crippen LogP contribution < -0.4 is 10.5 Å². The van der Waals surface area contributed by atoms with Crippen molar-refractivity contribution in [1.82, 2.24) is 0 Å². The second kappa shape index (κ2) is 7.09. The molecule has 120 valence electrons. The minimum atomic E-state index is -0.475. The number of carbonyl (C=O) groups excluding carboxylic acids is 2. The average molecular weight is 311 g/mol. The normalized spacial score (nSPS) is 11.8. The van der Waals surface area contributed by atoms with E-state index in [9.17, 15) is 9.59 Å². The fourth-order valence-corrected chi connectivity index (χ4v) is 2.40. The summed E-state index contributed by atoms with van der Waals surface area (Å²) in [5, 5.41) is 0. The van der Waals surface area contributed by atoms with Crippen LogP contribution >= 0.6 is 0 Å². The number of primary amides is 1. The molecule has 0 heterocycles. The van der Waals surface area contributed by atoms with Crippen LogP contribution in [0.3, 0.4) is 0 Å². The number of carbonyl (C=O) groups is 2.